The Bertz CT molecular complexity index is 361. The molecule has 2 unspecified atom stereocenters. The van der Waals surface area contributed by atoms with E-state index >= 15 is 0 Å². The van der Waals surface area contributed by atoms with Gasteiger partial charge in [-0.2, -0.15) is 0 Å². The molecule has 0 saturated heterocycles. The number of esters is 1. The normalized spacial score (nSPS) is 13.3. The van der Waals surface area contributed by atoms with Gasteiger partial charge in [0.15, 0.2) is 0 Å². The summed E-state index contributed by atoms with van der Waals surface area (Å²) in [6.07, 6.45) is 18.4. The fourth-order valence-corrected chi connectivity index (χ4v) is 3.76. The van der Waals surface area contributed by atoms with Crippen molar-refractivity contribution in [2.75, 3.05) is 20.3 Å². The largest absolute Gasteiger partial charge is 0.469 e. The molecular formula is C25H50O5. The van der Waals surface area contributed by atoms with Crippen molar-refractivity contribution in [2.45, 2.75) is 135 Å². The van der Waals surface area contributed by atoms with E-state index in [0.29, 0.717) is 13.0 Å². The second-order valence-corrected chi connectivity index (χ2v) is 8.55. The highest BCUT2D eigenvalue weighted by molar-refractivity contribution is 5.68. The summed E-state index contributed by atoms with van der Waals surface area (Å²) >= 11 is 0. The van der Waals surface area contributed by atoms with Gasteiger partial charge in [0.2, 0.25) is 0 Å². The number of ether oxygens (including phenoxy) is 2. The van der Waals surface area contributed by atoms with Crippen molar-refractivity contribution in [2.24, 2.45) is 0 Å². The first kappa shape index (κ1) is 29.4. The number of carbonyl (C=O) groups excluding carboxylic acids is 1. The topological polar surface area (TPSA) is 76.0 Å². The van der Waals surface area contributed by atoms with Crippen LogP contribution in [0.1, 0.15) is 122 Å². The molecule has 0 aliphatic carbocycles. The molecule has 0 spiro atoms. The van der Waals surface area contributed by atoms with Crippen molar-refractivity contribution < 1.29 is 24.5 Å². The van der Waals surface area contributed by atoms with Crippen LogP contribution >= 0.6 is 0 Å². The van der Waals surface area contributed by atoms with E-state index in [-0.39, 0.29) is 24.8 Å². The summed E-state index contributed by atoms with van der Waals surface area (Å²) in [7, 11) is 1.44. The van der Waals surface area contributed by atoms with Crippen LogP contribution in [0.5, 0.6) is 0 Å². The van der Waals surface area contributed by atoms with Gasteiger partial charge in [-0.3, -0.25) is 4.79 Å². The van der Waals surface area contributed by atoms with Crippen LogP contribution in [0, 0.1) is 0 Å². The summed E-state index contributed by atoms with van der Waals surface area (Å²) in [5.74, 6) is -0.125. The van der Waals surface area contributed by atoms with Gasteiger partial charge in [0, 0.05) is 19.6 Å². The zero-order chi connectivity index (χ0) is 22.3. The number of rotatable bonds is 23. The molecule has 0 bridgehead atoms. The molecule has 0 rings (SSSR count). The maximum atomic E-state index is 11.1. The van der Waals surface area contributed by atoms with Crippen molar-refractivity contribution in [1.82, 2.24) is 0 Å². The SMILES string of the molecule is CCCCCCCCC(O)C(CCCCCCCC(=O)OC)OCCCCCCO. The molecule has 0 aromatic carbocycles. The number of aliphatic hydroxyl groups excluding tert-OH is 2. The summed E-state index contributed by atoms with van der Waals surface area (Å²) in [4.78, 5) is 11.1. The minimum Gasteiger partial charge on any atom is -0.469 e. The zero-order valence-corrected chi connectivity index (χ0v) is 19.9. The van der Waals surface area contributed by atoms with Crippen molar-refractivity contribution in [3.63, 3.8) is 0 Å². The van der Waals surface area contributed by atoms with E-state index in [0.717, 1.165) is 77.0 Å². The van der Waals surface area contributed by atoms with Crippen LogP contribution < -0.4 is 0 Å². The van der Waals surface area contributed by atoms with E-state index in [2.05, 4.69) is 11.7 Å². The van der Waals surface area contributed by atoms with Gasteiger partial charge in [-0.25, -0.2) is 0 Å². The monoisotopic (exact) mass is 430 g/mol. The van der Waals surface area contributed by atoms with Crippen LogP contribution in [-0.2, 0) is 14.3 Å². The molecule has 2 atom stereocenters. The zero-order valence-electron chi connectivity index (χ0n) is 19.9. The summed E-state index contributed by atoms with van der Waals surface area (Å²) in [6.45, 7) is 3.19. The summed E-state index contributed by atoms with van der Waals surface area (Å²) in [6, 6.07) is 0. The molecule has 0 aliphatic rings. The second kappa shape index (κ2) is 23.0. The first-order valence-corrected chi connectivity index (χ1v) is 12.6. The van der Waals surface area contributed by atoms with Gasteiger partial charge in [0.1, 0.15) is 0 Å². The Balaban J connectivity index is 4.05. The molecule has 0 fully saturated rings. The Morgan fingerprint density at radius 3 is 2.00 bits per heavy atom. The molecule has 0 radical (unpaired) electrons. The lowest BCUT2D eigenvalue weighted by atomic mass is 9.99. The highest BCUT2D eigenvalue weighted by Crippen LogP contribution is 2.18. The third kappa shape index (κ3) is 19.3. The Labute approximate surface area is 185 Å². The molecule has 2 N–H and O–H groups in total. The Morgan fingerprint density at radius 1 is 0.767 bits per heavy atom. The van der Waals surface area contributed by atoms with E-state index in [1.807, 2.05) is 0 Å². The van der Waals surface area contributed by atoms with Gasteiger partial charge in [-0.1, -0.05) is 84.0 Å². The number of carbonyl (C=O) groups is 1. The predicted molar refractivity (Wildman–Crippen MR) is 124 cm³/mol. The average Bonchev–Trinajstić information content (AvgIpc) is 2.75. The number of aliphatic hydroxyl groups is 2. The highest BCUT2D eigenvalue weighted by atomic mass is 16.5. The molecule has 180 valence electrons. The summed E-state index contributed by atoms with van der Waals surface area (Å²) in [5, 5.41) is 19.5. The maximum absolute atomic E-state index is 11.1. The van der Waals surface area contributed by atoms with E-state index in [4.69, 9.17) is 9.84 Å². The van der Waals surface area contributed by atoms with Gasteiger partial charge in [-0.05, 0) is 32.1 Å². The minimum atomic E-state index is -0.368. The van der Waals surface area contributed by atoms with Gasteiger partial charge in [-0.15, -0.1) is 0 Å². The van der Waals surface area contributed by atoms with Crippen molar-refractivity contribution in [3.8, 4) is 0 Å². The molecule has 5 nitrogen and oxygen atoms in total. The summed E-state index contributed by atoms with van der Waals surface area (Å²) < 4.78 is 10.7. The molecular weight excluding hydrogens is 380 g/mol. The number of unbranched alkanes of at least 4 members (excludes halogenated alkanes) is 12. The third-order valence-electron chi connectivity index (χ3n) is 5.76. The minimum absolute atomic E-state index is 0.0615. The Kier molecular flexibility index (Phi) is 22.5. The molecule has 5 heteroatoms. The lowest BCUT2D eigenvalue weighted by molar-refractivity contribution is -0.140. The lowest BCUT2D eigenvalue weighted by Gasteiger charge is -2.24. The van der Waals surface area contributed by atoms with E-state index < -0.39 is 0 Å². The highest BCUT2D eigenvalue weighted by Gasteiger charge is 2.19. The van der Waals surface area contributed by atoms with Crippen LogP contribution in [0.25, 0.3) is 0 Å². The predicted octanol–water partition coefficient (Wildman–Crippen LogP) is 5.94. The molecule has 0 aromatic heterocycles. The van der Waals surface area contributed by atoms with Crippen LogP contribution in [0.15, 0.2) is 0 Å². The van der Waals surface area contributed by atoms with Crippen LogP contribution in [0.2, 0.25) is 0 Å². The molecule has 0 aliphatic heterocycles. The number of hydrogen-bond donors (Lipinski definition) is 2. The third-order valence-corrected chi connectivity index (χ3v) is 5.76. The molecule has 30 heavy (non-hydrogen) atoms. The first-order valence-electron chi connectivity index (χ1n) is 12.6. The average molecular weight is 431 g/mol. The summed E-state index contributed by atoms with van der Waals surface area (Å²) in [5.41, 5.74) is 0. The maximum Gasteiger partial charge on any atom is 0.305 e. The number of methoxy groups -OCH3 is 1. The first-order chi connectivity index (χ1) is 14.7. The fourth-order valence-electron chi connectivity index (χ4n) is 3.76. The van der Waals surface area contributed by atoms with Crippen LogP contribution in [0.4, 0.5) is 0 Å². The van der Waals surface area contributed by atoms with Crippen molar-refractivity contribution in [1.29, 1.82) is 0 Å². The lowest BCUT2D eigenvalue weighted by Crippen LogP contribution is -2.29. The van der Waals surface area contributed by atoms with E-state index in [1.165, 1.54) is 39.2 Å². The van der Waals surface area contributed by atoms with Crippen molar-refractivity contribution in [3.05, 3.63) is 0 Å². The van der Waals surface area contributed by atoms with Crippen LogP contribution in [0.3, 0.4) is 0 Å². The second-order valence-electron chi connectivity index (χ2n) is 8.55. The fraction of sp³-hybridized carbons (Fsp3) is 0.960. The van der Waals surface area contributed by atoms with Gasteiger partial charge in [0.25, 0.3) is 0 Å². The van der Waals surface area contributed by atoms with Gasteiger partial charge < -0.3 is 19.7 Å². The van der Waals surface area contributed by atoms with Gasteiger partial charge >= 0.3 is 5.97 Å². The van der Waals surface area contributed by atoms with E-state index in [1.54, 1.807) is 0 Å². The molecule has 0 saturated carbocycles. The quantitative estimate of drug-likeness (QED) is 0.155. The van der Waals surface area contributed by atoms with E-state index in [9.17, 15) is 9.90 Å². The smallest absolute Gasteiger partial charge is 0.305 e. The Hall–Kier alpha value is -0.650. The standard InChI is InChI=1S/C25H50O5/c1-3-4-5-6-8-13-18-23(27)24(30-22-17-12-11-16-21-26)19-14-9-7-10-15-20-25(28)29-2/h23-24,26-27H,3-22H2,1-2H3. The molecule has 0 aromatic rings. The molecule has 0 heterocycles. The van der Waals surface area contributed by atoms with Gasteiger partial charge in [0.05, 0.1) is 19.3 Å². The number of hydrogen-bond acceptors (Lipinski definition) is 5. The molecule has 0 amide bonds. The van der Waals surface area contributed by atoms with Crippen LogP contribution in [-0.4, -0.2) is 48.7 Å². The Morgan fingerprint density at radius 2 is 1.33 bits per heavy atom. The van der Waals surface area contributed by atoms with Crippen molar-refractivity contribution >= 4 is 5.97 Å².